The molecule has 0 aromatic heterocycles. The minimum atomic E-state index is -0.679. The van der Waals surface area contributed by atoms with Gasteiger partial charge in [0.15, 0.2) is 0 Å². The molecule has 1 saturated heterocycles. The Labute approximate surface area is 156 Å². The van der Waals surface area contributed by atoms with E-state index < -0.39 is 11.3 Å². The number of ether oxygens (including phenoxy) is 3. The first-order valence-corrected chi connectivity index (χ1v) is 9.14. The highest BCUT2D eigenvalue weighted by molar-refractivity contribution is 5.70. The SMILES string of the molecule is CC(C)(C)OC(=O)N1C(/C=C/CCOCc2ccccc2)COC1(C)C. The molecule has 26 heavy (non-hydrogen) atoms. The van der Waals surface area contributed by atoms with Crippen molar-refractivity contribution in [3.63, 3.8) is 0 Å². The van der Waals surface area contributed by atoms with E-state index in [2.05, 4.69) is 0 Å². The van der Waals surface area contributed by atoms with Crippen LogP contribution in [0.1, 0.15) is 46.6 Å². The Morgan fingerprint density at radius 1 is 1.31 bits per heavy atom. The van der Waals surface area contributed by atoms with Crippen LogP contribution in [0.4, 0.5) is 4.79 Å². The average molecular weight is 361 g/mol. The van der Waals surface area contributed by atoms with Crippen LogP contribution in [0, 0.1) is 0 Å². The molecule has 1 fully saturated rings. The quantitative estimate of drug-likeness (QED) is 0.552. The van der Waals surface area contributed by atoms with E-state index in [9.17, 15) is 4.79 Å². The summed E-state index contributed by atoms with van der Waals surface area (Å²) in [7, 11) is 0. The molecule has 0 aliphatic carbocycles. The summed E-state index contributed by atoms with van der Waals surface area (Å²) >= 11 is 0. The van der Waals surface area contributed by atoms with E-state index in [1.807, 2.05) is 77.1 Å². The van der Waals surface area contributed by atoms with Crippen LogP contribution in [0.25, 0.3) is 0 Å². The van der Waals surface area contributed by atoms with Crippen molar-refractivity contribution in [1.29, 1.82) is 0 Å². The summed E-state index contributed by atoms with van der Waals surface area (Å²) in [5, 5.41) is 0. The molecule has 1 aromatic rings. The first kappa shape index (κ1) is 20.5. The van der Waals surface area contributed by atoms with Gasteiger partial charge < -0.3 is 14.2 Å². The number of benzene rings is 1. The van der Waals surface area contributed by atoms with Gasteiger partial charge in [-0.3, -0.25) is 4.90 Å². The fourth-order valence-corrected chi connectivity index (χ4v) is 2.81. The van der Waals surface area contributed by atoms with Gasteiger partial charge in [0.05, 0.1) is 25.9 Å². The highest BCUT2D eigenvalue weighted by atomic mass is 16.6. The normalized spacial score (nSPS) is 19.9. The van der Waals surface area contributed by atoms with Crippen molar-refractivity contribution in [2.45, 2.75) is 65.0 Å². The third-order valence-electron chi connectivity index (χ3n) is 4.01. The summed E-state index contributed by atoms with van der Waals surface area (Å²) < 4.78 is 17.0. The maximum absolute atomic E-state index is 12.5. The lowest BCUT2D eigenvalue weighted by Gasteiger charge is -2.34. The van der Waals surface area contributed by atoms with Gasteiger partial charge in [-0.2, -0.15) is 0 Å². The van der Waals surface area contributed by atoms with Crippen LogP contribution in [0.3, 0.4) is 0 Å². The van der Waals surface area contributed by atoms with Crippen LogP contribution < -0.4 is 0 Å². The van der Waals surface area contributed by atoms with Gasteiger partial charge >= 0.3 is 6.09 Å². The van der Waals surface area contributed by atoms with Crippen LogP contribution in [-0.4, -0.2) is 41.6 Å². The molecule has 0 bridgehead atoms. The van der Waals surface area contributed by atoms with E-state index in [0.717, 1.165) is 6.42 Å². The standard InChI is InChI=1S/C21H31NO4/c1-20(2,3)26-19(23)22-18(16-25-21(22,4)5)13-9-10-14-24-15-17-11-7-6-8-12-17/h6-9,11-13,18H,10,14-16H2,1-5H3/b13-9+. The Balaban J connectivity index is 1.82. The van der Waals surface area contributed by atoms with Gasteiger partial charge in [0.2, 0.25) is 0 Å². The van der Waals surface area contributed by atoms with Gasteiger partial charge in [-0.25, -0.2) is 4.79 Å². The molecular formula is C21H31NO4. The molecule has 1 atom stereocenters. The van der Waals surface area contributed by atoms with Crippen LogP contribution in [0.2, 0.25) is 0 Å². The molecular weight excluding hydrogens is 330 g/mol. The highest BCUT2D eigenvalue weighted by Crippen LogP contribution is 2.30. The monoisotopic (exact) mass is 361 g/mol. The minimum Gasteiger partial charge on any atom is -0.444 e. The molecule has 0 radical (unpaired) electrons. The summed E-state index contributed by atoms with van der Waals surface area (Å²) in [5.74, 6) is 0. The van der Waals surface area contributed by atoms with E-state index in [1.165, 1.54) is 5.56 Å². The Kier molecular flexibility index (Phi) is 6.84. The fourth-order valence-electron chi connectivity index (χ4n) is 2.81. The first-order valence-electron chi connectivity index (χ1n) is 9.14. The zero-order chi connectivity index (χ0) is 19.2. The predicted molar refractivity (Wildman–Crippen MR) is 102 cm³/mol. The number of nitrogens with zero attached hydrogens (tertiary/aromatic N) is 1. The molecule has 5 heteroatoms. The van der Waals surface area contributed by atoms with Crippen LogP contribution in [-0.2, 0) is 20.8 Å². The molecule has 1 unspecified atom stereocenters. The molecule has 144 valence electrons. The van der Waals surface area contributed by atoms with E-state index in [1.54, 1.807) is 4.90 Å². The summed E-state index contributed by atoms with van der Waals surface area (Å²) in [6.45, 7) is 11.1. The first-order chi connectivity index (χ1) is 12.2. The van der Waals surface area contributed by atoms with Gasteiger partial charge in [0.1, 0.15) is 11.3 Å². The lowest BCUT2D eigenvalue weighted by Crippen LogP contribution is -2.49. The number of amides is 1. The van der Waals surface area contributed by atoms with Gasteiger partial charge in [-0.1, -0.05) is 42.5 Å². The fraction of sp³-hybridized carbons (Fsp3) is 0.571. The largest absolute Gasteiger partial charge is 0.444 e. The zero-order valence-corrected chi connectivity index (χ0v) is 16.5. The van der Waals surface area contributed by atoms with Gasteiger partial charge in [0, 0.05) is 0 Å². The Morgan fingerprint density at radius 3 is 2.65 bits per heavy atom. The van der Waals surface area contributed by atoms with E-state index >= 15 is 0 Å². The van der Waals surface area contributed by atoms with Crippen molar-refractivity contribution >= 4 is 6.09 Å². The molecule has 0 saturated carbocycles. The third-order valence-corrected chi connectivity index (χ3v) is 4.01. The molecule has 0 N–H and O–H groups in total. The highest BCUT2D eigenvalue weighted by Gasteiger charge is 2.44. The Bertz CT molecular complexity index is 604. The van der Waals surface area contributed by atoms with Crippen molar-refractivity contribution < 1.29 is 19.0 Å². The summed E-state index contributed by atoms with van der Waals surface area (Å²) in [6, 6.07) is 9.97. The molecule has 1 amide bonds. The van der Waals surface area contributed by atoms with E-state index in [0.29, 0.717) is 19.8 Å². The minimum absolute atomic E-state index is 0.131. The smallest absolute Gasteiger partial charge is 0.413 e. The average Bonchev–Trinajstić information content (AvgIpc) is 2.85. The van der Waals surface area contributed by atoms with Gasteiger partial charge in [-0.05, 0) is 46.6 Å². The van der Waals surface area contributed by atoms with Crippen LogP contribution in [0.15, 0.2) is 42.5 Å². The van der Waals surface area contributed by atoms with E-state index in [4.69, 9.17) is 14.2 Å². The maximum atomic E-state index is 12.5. The lowest BCUT2D eigenvalue weighted by atomic mass is 10.2. The second kappa shape index (κ2) is 8.69. The second-order valence-corrected chi connectivity index (χ2v) is 7.93. The van der Waals surface area contributed by atoms with Crippen LogP contribution >= 0.6 is 0 Å². The van der Waals surface area contributed by atoms with Crippen molar-refractivity contribution in [1.82, 2.24) is 4.90 Å². The lowest BCUT2D eigenvalue weighted by molar-refractivity contribution is -0.0610. The number of carbonyl (C=O) groups excluding carboxylic acids is 1. The van der Waals surface area contributed by atoms with E-state index in [-0.39, 0.29) is 12.1 Å². The molecule has 1 heterocycles. The van der Waals surface area contributed by atoms with Crippen molar-refractivity contribution in [2.24, 2.45) is 0 Å². The predicted octanol–water partition coefficient (Wildman–Crippen LogP) is 4.52. The molecule has 2 rings (SSSR count). The number of rotatable bonds is 6. The Morgan fingerprint density at radius 2 is 2.00 bits per heavy atom. The second-order valence-electron chi connectivity index (χ2n) is 7.93. The zero-order valence-electron chi connectivity index (χ0n) is 16.5. The molecule has 1 aromatic carbocycles. The summed E-state index contributed by atoms with van der Waals surface area (Å²) in [5.41, 5.74) is -0.0466. The number of hydrogen-bond acceptors (Lipinski definition) is 4. The van der Waals surface area contributed by atoms with Gasteiger partial charge in [0.25, 0.3) is 0 Å². The summed E-state index contributed by atoms with van der Waals surface area (Å²) in [6.07, 6.45) is 4.48. The molecule has 5 nitrogen and oxygen atoms in total. The van der Waals surface area contributed by atoms with Gasteiger partial charge in [-0.15, -0.1) is 0 Å². The van der Waals surface area contributed by atoms with Crippen LogP contribution in [0.5, 0.6) is 0 Å². The summed E-state index contributed by atoms with van der Waals surface area (Å²) in [4.78, 5) is 14.2. The number of hydrogen-bond donors (Lipinski definition) is 0. The maximum Gasteiger partial charge on any atom is 0.413 e. The van der Waals surface area contributed by atoms with Crippen molar-refractivity contribution in [3.8, 4) is 0 Å². The van der Waals surface area contributed by atoms with Crippen molar-refractivity contribution in [3.05, 3.63) is 48.0 Å². The third kappa shape index (κ3) is 6.15. The topological polar surface area (TPSA) is 48.0 Å². The van der Waals surface area contributed by atoms with Crippen molar-refractivity contribution in [2.75, 3.05) is 13.2 Å². The molecule has 0 spiro atoms. The number of carbonyl (C=O) groups is 1. The Hall–Kier alpha value is -1.85. The molecule has 1 aliphatic rings. The molecule has 1 aliphatic heterocycles.